The number of hydrogen-bond acceptors (Lipinski definition) is 13. The summed E-state index contributed by atoms with van der Waals surface area (Å²) in [5, 5.41) is 51.2. The zero-order valence-corrected chi connectivity index (χ0v) is 22.6. The molecule has 0 saturated carbocycles. The molecule has 0 spiro atoms. The van der Waals surface area contributed by atoms with Crippen molar-refractivity contribution in [2.75, 3.05) is 7.11 Å². The monoisotopic (exact) mass is 552 g/mol. The fraction of sp³-hybridized carbons (Fsp3) is 1.00. The molecule has 4 heterocycles. The lowest BCUT2D eigenvalue weighted by molar-refractivity contribution is -0.350. The first kappa shape index (κ1) is 30.4. The maximum atomic E-state index is 10.5. The molecule has 4 aliphatic heterocycles. The van der Waals surface area contributed by atoms with E-state index in [1.807, 2.05) is 0 Å². The van der Waals surface area contributed by atoms with Gasteiger partial charge in [0.15, 0.2) is 25.2 Å². The van der Waals surface area contributed by atoms with E-state index in [-0.39, 0.29) is 19.3 Å². The summed E-state index contributed by atoms with van der Waals surface area (Å²) in [4.78, 5) is 0. The maximum Gasteiger partial charge on any atom is 0.161 e. The van der Waals surface area contributed by atoms with Gasteiger partial charge in [0, 0.05) is 32.8 Å². The first-order valence-corrected chi connectivity index (χ1v) is 13.5. The zero-order chi connectivity index (χ0) is 27.7. The van der Waals surface area contributed by atoms with Crippen molar-refractivity contribution >= 4 is 0 Å². The summed E-state index contributed by atoms with van der Waals surface area (Å²) < 4.78 is 47.2. The number of aliphatic hydroxyl groups is 5. The van der Waals surface area contributed by atoms with Crippen molar-refractivity contribution in [3.8, 4) is 0 Å². The minimum absolute atomic E-state index is 0.0623. The number of aliphatic hydroxyl groups excluding tert-OH is 5. The second-order valence-corrected chi connectivity index (χ2v) is 10.8. The highest BCUT2D eigenvalue weighted by molar-refractivity contribution is 4.89. The standard InChI is InChI=1S/C25H44O13/c1-10-22(28)14(26)6-19(33-10)37-17-9-20(36-16-7-18(27)32-11(2)24(16)30)35-13(4)25(17)38-21-8-15(31-5)23(29)12(3)34-21/h10-30H,6-9H2,1-5H3/t10-,11-,12-,13-,14+,15+,16+,17+,18?,19-,20-,21-,22-,23-,24-,25-/m0/s1. The first-order chi connectivity index (χ1) is 18.0. The van der Waals surface area contributed by atoms with Crippen molar-refractivity contribution in [1.82, 2.24) is 0 Å². The van der Waals surface area contributed by atoms with E-state index in [0.29, 0.717) is 6.42 Å². The van der Waals surface area contributed by atoms with Gasteiger partial charge in [0.2, 0.25) is 0 Å². The van der Waals surface area contributed by atoms with Crippen LogP contribution < -0.4 is 0 Å². The van der Waals surface area contributed by atoms with Gasteiger partial charge in [-0.15, -0.1) is 0 Å². The molecule has 4 fully saturated rings. The van der Waals surface area contributed by atoms with Gasteiger partial charge in [-0.2, -0.15) is 0 Å². The van der Waals surface area contributed by atoms with Gasteiger partial charge in [-0.1, -0.05) is 0 Å². The first-order valence-electron chi connectivity index (χ1n) is 13.5. The third-order valence-electron chi connectivity index (χ3n) is 7.88. The van der Waals surface area contributed by atoms with E-state index in [2.05, 4.69) is 0 Å². The fourth-order valence-electron chi connectivity index (χ4n) is 5.59. The van der Waals surface area contributed by atoms with Crippen molar-refractivity contribution in [2.45, 2.75) is 152 Å². The molecule has 4 rings (SSSR count). The summed E-state index contributed by atoms with van der Waals surface area (Å²) in [6.07, 6.45) is -11.4. The topological polar surface area (TPSA) is 175 Å². The summed E-state index contributed by atoms with van der Waals surface area (Å²) in [6, 6.07) is 0. The molecule has 0 radical (unpaired) electrons. The van der Waals surface area contributed by atoms with Gasteiger partial charge < -0.3 is 63.4 Å². The van der Waals surface area contributed by atoms with Crippen LogP contribution in [0, 0.1) is 0 Å². The zero-order valence-electron chi connectivity index (χ0n) is 22.6. The van der Waals surface area contributed by atoms with Gasteiger partial charge in [-0.3, -0.25) is 0 Å². The molecule has 16 atom stereocenters. The van der Waals surface area contributed by atoms with Crippen LogP contribution in [0.4, 0.5) is 0 Å². The average Bonchev–Trinajstić information content (AvgIpc) is 2.84. The summed E-state index contributed by atoms with van der Waals surface area (Å²) in [5.74, 6) is 0. The minimum atomic E-state index is -1.07. The van der Waals surface area contributed by atoms with Crippen LogP contribution in [0.15, 0.2) is 0 Å². The number of ether oxygens (including phenoxy) is 8. The highest BCUT2D eigenvalue weighted by Crippen LogP contribution is 2.34. The van der Waals surface area contributed by atoms with Crippen LogP contribution in [0.1, 0.15) is 53.4 Å². The fourth-order valence-corrected chi connectivity index (χ4v) is 5.59. The van der Waals surface area contributed by atoms with Gasteiger partial charge >= 0.3 is 0 Å². The highest BCUT2D eigenvalue weighted by Gasteiger charge is 2.47. The second-order valence-electron chi connectivity index (χ2n) is 10.8. The smallest absolute Gasteiger partial charge is 0.161 e. The Morgan fingerprint density at radius 3 is 1.68 bits per heavy atom. The molecule has 13 nitrogen and oxygen atoms in total. The third-order valence-corrected chi connectivity index (χ3v) is 7.88. The van der Waals surface area contributed by atoms with Crippen molar-refractivity contribution in [3.63, 3.8) is 0 Å². The molecule has 0 aromatic heterocycles. The van der Waals surface area contributed by atoms with E-state index in [0.717, 1.165) is 0 Å². The maximum absolute atomic E-state index is 10.5. The Hall–Kier alpha value is -0.520. The van der Waals surface area contributed by atoms with Crippen LogP contribution in [0.3, 0.4) is 0 Å². The molecule has 0 bridgehead atoms. The van der Waals surface area contributed by atoms with Crippen molar-refractivity contribution in [1.29, 1.82) is 0 Å². The second kappa shape index (κ2) is 13.0. The van der Waals surface area contributed by atoms with Crippen LogP contribution in [0.25, 0.3) is 0 Å². The van der Waals surface area contributed by atoms with Crippen molar-refractivity contribution < 1.29 is 63.4 Å². The third kappa shape index (κ3) is 7.03. The predicted molar refractivity (Wildman–Crippen MR) is 127 cm³/mol. The van der Waals surface area contributed by atoms with Gasteiger partial charge in [-0.05, 0) is 27.7 Å². The molecule has 4 aliphatic rings. The summed E-state index contributed by atoms with van der Waals surface area (Å²) >= 11 is 0. The van der Waals surface area contributed by atoms with E-state index in [9.17, 15) is 25.5 Å². The molecule has 0 aromatic carbocycles. The van der Waals surface area contributed by atoms with Gasteiger partial charge in [0.05, 0.1) is 48.8 Å². The Morgan fingerprint density at radius 2 is 1.03 bits per heavy atom. The van der Waals surface area contributed by atoms with E-state index in [1.165, 1.54) is 7.11 Å². The molecule has 38 heavy (non-hydrogen) atoms. The minimum Gasteiger partial charge on any atom is -0.390 e. The number of methoxy groups -OCH3 is 1. The summed E-state index contributed by atoms with van der Waals surface area (Å²) in [6.45, 7) is 6.85. The molecule has 1 unspecified atom stereocenters. The van der Waals surface area contributed by atoms with Crippen LogP contribution in [-0.2, 0) is 37.9 Å². The lowest BCUT2D eigenvalue weighted by Gasteiger charge is -2.46. The predicted octanol–water partition coefficient (Wildman–Crippen LogP) is -0.867. The Balaban J connectivity index is 1.47. The normalized spacial score (nSPS) is 52.6. The van der Waals surface area contributed by atoms with Crippen LogP contribution >= 0.6 is 0 Å². The lowest BCUT2D eigenvalue weighted by atomic mass is 9.98. The van der Waals surface area contributed by atoms with Crippen LogP contribution in [-0.4, -0.2) is 131 Å². The van der Waals surface area contributed by atoms with Gasteiger partial charge in [0.25, 0.3) is 0 Å². The van der Waals surface area contributed by atoms with Crippen LogP contribution in [0.2, 0.25) is 0 Å². The molecule has 4 saturated heterocycles. The van der Waals surface area contributed by atoms with Crippen molar-refractivity contribution in [3.05, 3.63) is 0 Å². The SMILES string of the molecule is CO[C@@H]1C[C@H](O[C@H]2[C@H](C)O[C@@H](O[C@@H]3CC(O)O[C@@H](C)[C@@H]3O)C[C@H]2O[C@H]2C[C@@H](O)[C@@H](O)[C@H](C)O2)O[C@@H](C)[C@@H]1O. The van der Waals surface area contributed by atoms with E-state index in [4.69, 9.17) is 37.9 Å². The Morgan fingerprint density at radius 1 is 0.526 bits per heavy atom. The number of hydrogen-bond donors (Lipinski definition) is 5. The van der Waals surface area contributed by atoms with Crippen LogP contribution in [0.5, 0.6) is 0 Å². The Bertz CT molecular complexity index is 732. The molecular weight excluding hydrogens is 508 g/mol. The largest absolute Gasteiger partial charge is 0.390 e. The molecular formula is C25H44O13. The average molecular weight is 553 g/mol. The van der Waals surface area contributed by atoms with Gasteiger partial charge in [0.1, 0.15) is 24.4 Å². The Labute approximate surface area is 222 Å². The van der Waals surface area contributed by atoms with Crippen molar-refractivity contribution in [2.24, 2.45) is 0 Å². The molecule has 0 aliphatic carbocycles. The molecule has 222 valence electrons. The summed E-state index contributed by atoms with van der Waals surface area (Å²) in [7, 11) is 1.52. The molecule has 0 amide bonds. The van der Waals surface area contributed by atoms with Gasteiger partial charge in [-0.25, -0.2) is 0 Å². The summed E-state index contributed by atoms with van der Waals surface area (Å²) in [5.41, 5.74) is 0. The quantitative estimate of drug-likeness (QED) is 0.264. The molecule has 13 heteroatoms. The molecule has 5 N–H and O–H groups in total. The van der Waals surface area contributed by atoms with E-state index in [1.54, 1.807) is 27.7 Å². The molecule has 0 aromatic rings. The lowest BCUT2D eigenvalue weighted by Crippen LogP contribution is -2.57. The Kier molecular flexibility index (Phi) is 10.4. The number of rotatable bonds is 7. The van der Waals surface area contributed by atoms with E-state index >= 15 is 0 Å². The highest BCUT2D eigenvalue weighted by atomic mass is 16.7. The van der Waals surface area contributed by atoms with E-state index < -0.39 is 98.4 Å².